The highest BCUT2D eigenvalue weighted by Crippen LogP contribution is 2.38. The Kier molecular flexibility index (Phi) is 2.92. The molecule has 2 N–H and O–H groups in total. The molecule has 0 aromatic carbocycles. The van der Waals surface area contributed by atoms with Gasteiger partial charge in [-0.05, 0) is 37.1 Å². The Morgan fingerprint density at radius 3 is 2.95 bits per heavy atom. The number of anilines is 2. The second kappa shape index (κ2) is 4.94. The molecular formula is C15H16N6O. The number of nitrogens with zero attached hydrogens (tertiary/aromatic N) is 5. The van der Waals surface area contributed by atoms with Crippen LogP contribution in [0.4, 0.5) is 16.3 Å². The van der Waals surface area contributed by atoms with E-state index in [1.807, 2.05) is 24.3 Å². The number of pyridine rings is 1. The van der Waals surface area contributed by atoms with Gasteiger partial charge in [-0.25, -0.2) is 9.78 Å². The second-order valence-corrected chi connectivity index (χ2v) is 5.60. The Morgan fingerprint density at radius 2 is 2.18 bits per heavy atom. The summed E-state index contributed by atoms with van der Waals surface area (Å²) >= 11 is 0. The lowest BCUT2D eigenvalue weighted by Gasteiger charge is -2.45. The molecule has 1 unspecified atom stereocenters. The molecule has 0 spiro atoms. The van der Waals surface area contributed by atoms with Crippen LogP contribution >= 0.6 is 0 Å². The third-order valence-electron chi connectivity index (χ3n) is 4.26. The van der Waals surface area contributed by atoms with Crippen molar-refractivity contribution in [1.29, 1.82) is 0 Å². The Balaban J connectivity index is 1.85. The van der Waals surface area contributed by atoms with Gasteiger partial charge in [0, 0.05) is 19.3 Å². The lowest BCUT2D eigenvalue weighted by molar-refractivity contribution is 0.249. The summed E-state index contributed by atoms with van der Waals surface area (Å²) in [4.78, 5) is 20.5. The molecule has 7 heteroatoms. The molecule has 2 aliphatic rings. The molecule has 2 aromatic heterocycles. The summed E-state index contributed by atoms with van der Waals surface area (Å²) in [6.45, 7) is 1.81. The molecular weight excluding hydrogens is 280 g/mol. The number of hydrogen-bond acceptors (Lipinski definition) is 5. The van der Waals surface area contributed by atoms with Crippen LogP contribution in [0.1, 0.15) is 12.8 Å². The average molecular weight is 296 g/mol. The zero-order chi connectivity index (χ0) is 15.1. The van der Waals surface area contributed by atoms with Gasteiger partial charge >= 0.3 is 6.03 Å². The lowest BCUT2D eigenvalue weighted by Crippen LogP contribution is -2.56. The van der Waals surface area contributed by atoms with E-state index in [2.05, 4.69) is 20.1 Å². The highest BCUT2D eigenvalue weighted by atomic mass is 16.2. The van der Waals surface area contributed by atoms with Crippen LogP contribution in [-0.4, -0.2) is 40.3 Å². The molecule has 1 fully saturated rings. The van der Waals surface area contributed by atoms with Crippen molar-refractivity contribution < 1.29 is 4.79 Å². The number of primary amides is 1. The molecule has 112 valence electrons. The van der Waals surface area contributed by atoms with Crippen molar-refractivity contribution in [3.63, 3.8) is 0 Å². The van der Waals surface area contributed by atoms with Gasteiger partial charge in [0.1, 0.15) is 5.69 Å². The SMILES string of the molecule is NC(=O)N1c2nc(-c3cccnn3)ccc2N2CCCC1C2. The quantitative estimate of drug-likeness (QED) is 0.859. The molecule has 0 radical (unpaired) electrons. The van der Waals surface area contributed by atoms with Gasteiger partial charge in [-0.3, -0.25) is 4.90 Å². The number of urea groups is 1. The van der Waals surface area contributed by atoms with E-state index in [4.69, 9.17) is 5.73 Å². The summed E-state index contributed by atoms with van der Waals surface area (Å²) in [5.74, 6) is 0.631. The van der Waals surface area contributed by atoms with Gasteiger partial charge in [0.2, 0.25) is 0 Å². The third kappa shape index (κ3) is 1.97. The number of carbonyl (C=O) groups is 1. The highest BCUT2D eigenvalue weighted by Gasteiger charge is 2.37. The molecule has 4 heterocycles. The maximum atomic E-state index is 11.9. The molecule has 1 atom stereocenters. The topological polar surface area (TPSA) is 88.2 Å². The van der Waals surface area contributed by atoms with Crippen molar-refractivity contribution in [3.05, 3.63) is 30.5 Å². The van der Waals surface area contributed by atoms with Crippen LogP contribution in [0, 0.1) is 0 Å². The van der Waals surface area contributed by atoms with Crippen molar-refractivity contribution >= 4 is 17.5 Å². The first-order valence-corrected chi connectivity index (χ1v) is 7.37. The maximum absolute atomic E-state index is 11.9. The zero-order valence-electron chi connectivity index (χ0n) is 12.0. The third-order valence-corrected chi connectivity index (χ3v) is 4.26. The van der Waals surface area contributed by atoms with Crippen molar-refractivity contribution in [2.45, 2.75) is 18.9 Å². The highest BCUT2D eigenvalue weighted by molar-refractivity contribution is 5.95. The maximum Gasteiger partial charge on any atom is 0.320 e. The summed E-state index contributed by atoms with van der Waals surface area (Å²) in [7, 11) is 0. The number of amides is 2. The zero-order valence-corrected chi connectivity index (χ0v) is 12.0. The predicted octanol–water partition coefficient (Wildman–Crippen LogP) is 1.41. The van der Waals surface area contributed by atoms with E-state index >= 15 is 0 Å². The largest absolute Gasteiger partial charge is 0.366 e. The normalized spacial score (nSPS) is 19.7. The standard InChI is InChI=1S/C15H16N6O/c16-15(22)21-10-3-2-8-20(9-10)13-6-5-11(18-14(13)21)12-4-1-7-17-19-12/h1,4-7,10H,2-3,8-9H2,(H2,16,22). The second-order valence-electron chi connectivity index (χ2n) is 5.60. The number of piperidine rings is 1. The Labute approximate surface area is 127 Å². The van der Waals surface area contributed by atoms with E-state index in [-0.39, 0.29) is 6.04 Å². The van der Waals surface area contributed by atoms with Crippen LogP contribution in [0.2, 0.25) is 0 Å². The van der Waals surface area contributed by atoms with Crippen molar-refractivity contribution in [2.75, 3.05) is 22.9 Å². The monoisotopic (exact) mass is 296 g/mol. The molecule has 2 bridgehead atoms. The van der Waals surface area contributed by atoms with Crippen LogP contribution in [0.15, 0.2) is 30.5 Å². The Morgan fingerprint density at radius 1 is 1.27 bits per heavy atom. The fourth-order valence-corrected chi connectivity index (χ4v) is 3.29. The lowest BCUT2D eigenvalue weighted by atomic mass is 9.99. The average Bonchev–Trinajstić information content (AvgIpc) is 2.55. The predicted molar refractivity (Wildman–Crippen MR) is 82.6 cm³/mol. The van der Waals surface area contributed by atoms with E-state index in [0.717, 1.165) is 31.6 Å². The summed E-state index contributed by atoms with van der Waals surface area (Å²) in [5.41, 5.74) is 7.94. The molecule has 2 amide bonds. The van der Waals surface area contributed by atoms with Crippen LogP contribution < -0.4 is 15.5 Å². The van der Waals surface area contributed by atoms with E-state index in [1.54, 1.807) is 11.1 Å². The number of rotatable bonds is 1. The molecule has 4 rings (SSSR count). The molecule has 0 saturated carbocycles. The first-order valence-electron chi connectivity index (χ1n) is 7.37. The van der Waals surface area contributed by atoms with E-state index in [9.17, 15) is 4.79 Å². The number of fused-ring (bicyclic) bond motifs is 4. The summed E-state index contributed by atoms with van der Waals surface area (Å²) in [5, 5.41) is 7.96. The summed E-state index contributed by atoms with van der Waals surface area (Å²) in [6.07, 6.45) is 3.63. The van der Waals surface area contributed by atoms with Gasteiger partial charge in [0.25, 0.3) is 0 Å². The Bertz CT molecular complexity index is 719. The summed E-state index contributed by atoms with van der Waals surface area (Å²) in [6, 6.07) is 7.22. The van der Waals surface area contributed by atoms with Gasteiger partial charge in [0.15, 0.2) is 5.82 Å². The van der Waals surface area contributed by atoms with E-state index in [0.29, 0.717) is 17.2 Å². The first kappa shape index (κ1) is 13.0. The smallest absolute Gasteiger partial charge is 0.320 e. The van der Waals surface area contributed by atoms with Crippen molar-refractivity contribution in [3.8, 4) is 11.4 Å². The van der Waals surface area contributed by atoms with Gasteiger partial charge in [-0.15, -0.1) is 5.10 Å². The van der Waals surface area contributed by atoms with Crippen molar-refractivity contribution in [1.82, 2.24) is 15.2 Å². The number of nitrogens with two attached hydrogens (primary N) is 1. The van der Waals surface area contributed by atoms with Crippen molar-refractivity contribution in [2.24, 2.45) is 5.73 Å². The summed E-state index contributed by atoms with van der Waals surface area (Å²) < 4.78 is 0. The van der Waals surface area contributed by atoms with Crippen LogP contribution in [0.3, 0.4) is 0 Å². The molecule has 2 aliphatic heterocycles. The molecule has 1 saturated heterocycles. The minimum atomic E-state index is -0.448. The minimum Gasteiger partial charge on any atom is -0.366 e. The minimum absolute atomic E-state index is 0.100. The first-order chi connectivity index (χ1) is 10.7. The number of carbonyl (C=O) groups excluding carboxylic acids is 1. The molecule has 0 aliphatic carbocycles. The van der Waals surface area contributed by atoms with Crippen LogP contribution in [0.25, 0.3) is 11.4 Å². The Hall–Kier alpha value is -2.70. The molecule has 7 nitrogen and oxygen atoms in total. The number of hydrogen-bond donors (Lipinski definition) is 1. The fraction of sp³-hybridized carbons (Fsp3) is 0.333. The molecule has 22 heavy (non-hydrogen) atoms. The van der Waals surface area contributed by atoms with E-state index in [1.165, 1.54) is 0 Å². The molecule has 2 aromatic rings. The van der Waals surface area contributed by atoms with Gasteiger partial charge in [0.05, 0.1) is 17.4 Å². The van der Waals surface area contributed by atoms with Gasteiger partial charge < -0.3 is 10.6 Å². The van der Waals surface area contributed by atoms with E-state index < -0.39 is 6.03 Å². The fourth-order valence-electron chi connectivity index (χ4n) is 3.29. The van der Waals surface area contributed by atoms with Gasteiger partial charge in [-0.1, -0.05) is 0 Å². The van der Waals surface area contributed by atoms with Crippen LogP contribution in [-0.2, 0) is 0 Å². The number of aromatic nitrogens is 3. The van der Waals surface area contributed by atoms with Gasteiger partial charge in [-0.2, -0.15) is 5.10 Å². The van der Waals surface area contributed by atoms with Crippen LogP contribution in [0.5, 0.6) is 0 Å².